The van der Waals surface area contributed by atoms with Crippen LogP contribution in [0.15, 0.2) is 54.6 Å². The van der Waals surface area contributed by atoms with Crippen LogP contribution >= 0.6 is 0 Å². The summed E-state index contributed by atoms with van der Waals surface area (Å²) >= 11 is 0. The quantitative estimate of drug-likeness (QED) is 0.851. The van der Waals surface area contributed by atoms with E-state index in [4.69, 9.17) is 9.47 Å². The van der Waals surface area contributed by atoms with E-state index in [0.717, 1.165) is 37.4 Å². The van der Waals surface area contributed by atoms with Crippen molar-refractivity contribution >= 4 is 17.3 Å². The van der Waals surface area contributed by atoms with Crippen LogP contribution in [-0.2, 0) is 9.53 Å². The second-order valence-corrected chi connectivity index (χ2v) is 6.97. The number of piperidine rings is 1. The maximum Gasteiger partial charge on any atom is 0.253 e. The van der Waals surface area contributed by atoms with Crippen molar-refractivity contribution in [2.24, 2.45) is 0 Å². The number of anilines is 2. The Morgan fingerprint density at radius 2 is 1.65 bits per heavy atom. The first-order valence-corrected chi connectivity index (χ1v) is 9.08. The van der Waals surface area contributed by atoms with E-state index in [9.17, 15) is 4.79 Å². The fourth-order valence-corrected chi connectivity index (χ4v) is 3.83. The monoisotopic (exact) mass is 352 g/mol. The van der Waals surface area contributed by atoms with E-state index in [1.54, 1.807) is 7.11 Å². The van der Waals surface area contributed by atoms with Gasteiger partial charge in [0.05, 0.1) is 19.3 Å². The molecule has 0 aliphatic carbocycles. The molecule has 2 aliphatic heterocycles. The number of amides is 1. The van der Waals surface area contributed by atoms with Gasteiger partial charge in [-0.1, -0.05) is 18.2 Å². The largest absolute Gasteiger partial charge is 0.497 e. The fraction of sp³-hybridized carbons (Fsp3) is 0.381. The average molecular weight is 352 g/mol. The number of benzene rings is 2. The molecule has 0 saturated carbocycles. The van der Waals surface area contributed by atoms with Crippen molar-refractivity contribution in [2.45, 2.75) is 18.4 Å². The number of nitrogens with zero attached hydrogens (tertiary/aromatic N) is 2. The summed E-state index contributed by atoms with van der Waals surface area (Å²) in [4.78, 5) is 16.6. The molecule has 2 aromatic carbocycles. The molecule has 136 valence electrons. The molecule has 5 heteroatoms. The van der Waals surface area contributed by atoms with Gasteiger partial charge in [0.2, 0.25) is 0 Å². The standard InChI is InChI=1S/C21H24N2O3/c1-25-19-9-7-17(8-10-19)22-13-11-21(12-14-22)16-23(20(24)15-26-21)18-5-3-2-4-6-18/h2-10H,11-16H2,1H3. The first-order chi connectivity index (χ1) is 12.7. The van der Waals surface area contributed by atoms with Crippen LogP contribution in [-0.4, -0.2) is 44.9 Å². The van der Waals surface area contributed by atoms with E-state index < -0.39 is 0 Å². The smallest absolute Gasteiger partial charge is 0.253 e. The van der Waals surface area contributed by atoms with E-state index in [1.807, 2.05) is 47.4 Å². The number of carbonyl (C=O) groups is 1. The minimum absolute atomic E-state index is 0.0411. The zero-order valence-corrected chi connectivity index (χ0v) is 15.1. The lowest BCUT2D eigenvalue weighted by atomic mass is 9.88. The first kappa shape index (κ1) is 16.9. The number of rotatable bonds is 3. The maximum absolute atomic E-state index is 12.3. The predicted octanol–water partition coefficient (Wildman–Crippen LogP) is 3.10. The molecular formula is C21H24N2O3. The summed E-state index contributed by atoms with van der Waals surface area (Å²) in [6.07, 6.45) is 1.82. The van der Waals surface area contributed by atoms with Gasteiger partial charge in [-0.05, 0) is 49.2 Å². The third kappa shape index (κ3) is 3.27. The Balaban J connectivity index is 1.45. The van der Waals surface area contributed by atoms with Crippen LogP contribution < -0.4 is 14.5 Å². The maximum atomic E-state index is 12.3. The zero-order valence-electron chi connectivity index (χ0n) is 15.1. The van der Waals surface area contributed by atoms with Gasteiger partial charge < -0.3 is 19.3 Å². The Kier molecular flexibility index (Phi) is 4.55. The summed E-state index contributed by atoms with van der Waals surface area (Å²) in [5.74, 6) is 0.911. The van der Waals surface area contributed by atoms with Crippen molar-refractivity contribution in [2.75, 3.05) is 43.2 Å². The van der Waals surface area contributed by atoms with E-state index in [0.29, 0.717) is 6.54 Å². The summed E-state index contributed by atoms with van der Waals surface area (Å²) in [5.41, 5.74) is 1.91. The zero-order chi connectivity index (χ0) is 18.0. The molecule has 26 heavy (non-hydrogen) atoms. The van der Waals surface area contributed by atoms with E-state index in [1.165, 1.54) is 5.69 Å². The van der Waals surface area contributed by atoms with Gasteiger partial charge in [-0.3, -0.25) is 4.79 Å². The van der Waals surface area contributed by atoms with Gasteiger partial charge in [0.1, 0.15) is 12.4 Å². The number of para-hydroxylation sites is 1. The SMILES string of the molecule is COc1ccc(N2CCC3(CC2)CN(c2ccccc2)C(=O)CO3)cc1. The molecule has 2 heterocycles. The Labute approximate surface area is 154 Å². The van der Waals surface area contributed by atoms with Crippen molar-refractivity contribution < 1.29 is 14.3 Å². The topological polar surface area (TPSA) is 42.0 Å². The predicted molar refractivity (Wildman–Crippen MR) is 102 cm³/mol. The average Bonchev–Trinajstić information content (AvgIpc) is 2.71. The van der Waals surface area contributed by atoms with Gasteiger partial charge in [-0.25, -0.2) is 0 Å². The summed E-state index contributed by atoms with van der Waals surface area (Å²) in [6, 6.07) is 18.1. The highest BCUT2D eigenvalue weighted by Gasteiger charge is 2.42. The van der Waals surface area contributed by atoms with Crippen LogP contribution in [0.4, 0.5) is 11.4 Å². The highest BCUT2D eigenvalue weighted by molar-refractivity contribution is 5.95. The van der Waals surface area contributed by atoms with Crippen LogP contribution in [0.2, 0.25) is 0 Å². The number of ether oxygens (including phenoxy) is 2. The third-order valence-electron chi connectivity index (χ3n) is 5.43. The van der Waals surface area contributed by atoms with Gasteiger partial charge >= 0.3 is 0 Å². The number of hydrogen-bond acceptors (Lipinski definition) is 4. The van der Waals surface area contributed by atoms with Crippen LogP contribution in [0.3, 0.4) is 0 Å². The molecule has 0 bridgehead atoms. The first-order valence-electron chi connectivity index (χ1n) is 9.08. The van der Waals surface area contributed by atoms with Gasteiger partial charge in [-0.2, -0.15) is 0 Å². The second kappa shape index (κ2) is 7.00. The number of hydrogen-bond donors (Lipinski definition) is 0. The minimum atomic E-state index is -0.243. The lowest BCUT2D eigenvalue weighted by Crippen LogP contribution is -2.59. The molecule has 2 aliphatic rings. The summed E-state index contributed by atoms with van der Waals surface area (Å²) in [6.45, 7) is 2.63. The molecular weight excluding hydrogens is 328 g/mol. The Bertz CT molecular complexity index is 753. The Morgan fingerprint density at radius 1 is 0.962 bits per heavy atom. The van der Waals surface area contributed by atoms with Crippen molar-refractivity contribution in [3.05, 3.63) is 54.6 Å². The molecule has 2 saturated heterocycles. The van der Waals surface area contributed by atoms with Crippen molar-refractivity contribution in [3.8, 4) is 5.75 Å². The fourth-order valence-electron chi connectivity index (χ4n) is 3.83. The van der Waals surface area contributed by atoms with Crippen molar-refractivity contribution in [1.29, 1.82) is 0 Å². The molecule has 5 nitrogen and oxygen atoms in total. The van der Waals surface area contributed by atoms with Crippen LogP contribution in [0.1, 0.15) is 12.8 Å². The molecule has 4 rings (SSSR count). The van der Waals surface area contributed by atoms with Gasteiger partial charge in [0.25, 0.3) is 5.91 Å². The van der Waals surface area contributed by atoms with Gasteiger partial charge in [0.15, 0.2) is 0 Å². The second-order valence-electron chi connectivity index (χ2n) is 6.97. The number of carbonyl (C=O) groups excluding carboxylic acids is 1. The molecule has 2 aromatic rings. The number of methoxy groups -OCH3 is 1. The van der Waals surface area contributed by atoms with Gasteiger partial charge in [0, 0.05) is 24.5 Å². The molecule has 1 spiro atoms. The third-order valence-corrected chi connectivity index (χ3v) is 5.43. The van der Waals surface area contributed by atoms with Crippen LogP contribution in [0, 0.1) is 0 Å². The van der Waals surface area contributed by atoms with E-state index in [-0.39, 0.29) is 18.1 Å². The van der Waals surface area contributed by atoms with Crippen molar-refractivity contribution in [1.82, 2.24) is 0 Å². The summed E-state index contributed by atoms with van der Waals surface area (Å²) < 4.78 is 11.3. The normalized spacial score (nSPS) is 19.7. The van der Waals surface area contributed by atoms with E-state index >= 15 is 0 Å². The minimum Gasteiger partial charge on any atom is -0.497 e. The van der Waals surface area contributed by atoms with E-state index in [2.05, 4.69) is 17.0 Å². The molecule has 0 atom stereocenters. The van der Waals surface area contributed by atoms with Crippen molar-refractivity contribution in [3.63, 3.8) is 0 Å². The Morgan fingerprint density at radius 3 is 2.31 bits per heavy atom. The lowest BCUT2D eigenvalue weighted by molar-refractivity contribution is -0.141. The molecule has 0 N–H and O–H groups in total. The number of morpholine rings is 1. The highest BCUT2D eigenvalue weighted by Crippen LogP contribution is 2.34. The Hall–Kier alpha value is -2.53. The molecule has 0 unspecified atom stereocenters. The lowest BCUT2D eigenvalue weighted by Gasteiger charge is -2.47. The van der Waals surface area contributed by atoms with Crippen LogP contribution in [0.5, 0.6) is 5.75 Å². The van der Waals surface area contributed by atoms with Gasteiger partial charge in [-0.15, -0.1) is 0 Å². The molecule has 2 fully saturated rings. The molecule has 1 amide bonds. The highest BCUT2D eigenvalue weighted by atomic mass is 16.5. The summed E-state index contributed by atoms with van der Waals surface area (Å²) in [5, 5.41) is 0. The molecule has 0 radical (unpaired) electrons. The van der Waals surface area contributed by atoms with Crippen LogP contribution in [0.25, 0.3) is 0 Å². The summed E-state index contributed by atoms with van der Waals surface area (Å²) in [7, 11) is 1.68. The molecule has 0 aromatic heterocycles.